The Morgan fingerprint density at radius 1 is 1.07 bits per heavy atom. The van der Waals surface area contributed by atoms with Crippen LogP contribution in [0, 0.1) is 5.92 Å². The smallest absolute Gasteiger partial charge is 0.368 e. The standard InChI is InChI=1S/C30H35N7O5S/c1-2-35(27-7-4-17-31-29(27)38)20-25-12-8-22-19-23(9-15-28(22)42-25)32-43(40,41)26-13-10-24(11-14-26)37-30(39)36(33-34-37)18-16-21-5-3-6-21/h4,7,9-11,13-15,17,19,21,25,32H,2-3,5-6,8,12,16,18,20H2,1H3,(H,31,38). The van der Waals surface area contributed by atoms with Gasteiger partial charge in [-0.15, -0.1) is 0 Å². The molecule has 13 heteroatoms. The minimum Gasteiger partial charge on any atom is -0.488 e. The molecule has 2 N–H and O–H groups in total. The number of fused-ring (bicyclic) bond motifs is 1. The number of likely N-dealkylation sites (N-methyl/N-ethyl adjacent to an activating group) is 1. The number of rotatable bonds is 11. The molecule has 1 aliphatic carbocycles. The van der Waals surface area contributed by atoms with E-state index in [4.69, 9.17) is 4.74 Å². The molecule has 1 atom stereocenters. The molecule has 4 aromatic rings. The number of tetrazole rings is 1. The van der Waals surface area contributed by atoms with Crippen LogP contribution in [-0.4, -0.2) is 52.4 Å². The Morgan fingerprint density at radius 2 is 1.88 bits per heavy atom. The van der Waals surface area contributed by atoms with E-state index in [-0.39, 0.29) is 22.2 Å². The van der Waals surface area contributed by atoms with Crippen LogP contribution < -0.4 is 25.6 Å². The van der Waals surface area contributed by atoms with Crippen molar-refractivity contribution in [2.75, 3.05) is 22.7 Å². The summed E-state index contributed by atoms with van der Waals surface area (Å²) in [4.78, 5) is 29.8. The largest absolute Gasteiger partial charge is 0.488 e. The quantitative estimate of drug-likeness (QED) is 0.265. The zero-order valence-electron chi connectivity index (χ0n) is 24.0. The molecule has 2 aliphatic rings. The van der Waals surface area contributed by atoms with Crippen LogP contribution in [0.3, 0.4) is 0 Å². The van der Waals surface area contributed by atoms with Crippen molar-refractivity contribution >= 4 is 21.4 Å². The van der Waals surface area contributed by atoms with Crippen molar-refractivity contribution in [1.29, 1.82) is 0 Å². The highest BCUT2D eigenvalue weighted by Gasteiger charge is 2.24. The van der Waals surface area contributed by atoms with E-state index in [0.29, 0.717) is 54.8 Å². The Labute approximate surface area is 249 Å². The van der Waals surface area contributed by atoms with Gasteiger partial charge in [0.2, 0.25) is 0 Å². The summed E-state index contributed by atoms with van der Waals surface area (Å²) in [6, 6.07) is 14.8. The van der Waals surface area contributed by atoms with Gasteiger partial charge < -0.3 is 14.6 Å². The van der Waals surface area contributed by atoms with Crippen LogP contribution in [0.4, 0.5) is 11.4 Å². The van der Waals surface area contributed by atoms with Crippen molar-refractivity contribution < 1.29 is 13.2 Å². The van der Waals surface area contributed by atoms with Crippen molar-refractivity contribution in [3.63, 3.8) is 0 Å². The Bertz CT molecular complexity index is 1810. The van der Waals surface area contributed by atoms with Crippen molar-refractivity contribution in [2.24, 2.45) is 5.92 Å². The first-order valence-electron chi connectivity index (χ1n) is 14.7. The Hall–Kier alpha value is -4.39. The molecule has 3 heterocycles. The van der Waals surface area contributed by atoms with Crippen molar-refractivity contribution in [3.05, 3.63) is 87.2 Å². The monoisotopic (exact) mass is 605 g/mol. The fourth-order valence-corrected chi connectivity index (χ4v) is 6.64. The van der Waals surface area contributed by atoms with E-state index < -0.39 is 10.0 Å². The second-order valence-corrected chi connectivity index (χ2v) is 12.8. The summed E-state index contributed by atoms with van der Waals surface area (Å²) in [5.41, 5.74) is 1.91. The minimum atomic E-state index is -3.88. The molecule has 6 rings (SSSR count). The highest BCUT2D eigenvalue weighted by Crippen LogP contribution is 2.32. The van der Waals surface area contributed by atoms with Crippen LogP contribution in [0.1, 0.15) is 44.6 Å². The summed E-state index contributed by atoms with van der Waals surface area (Å²) in [7, 11) is -3.88. The lowest BCUT2D eigenvalue weighted by Crippen LogP contribution is -2.39. The topological polar surface area (TPSA) is 144 Å². The van der Waals surface area contributed by atoms with Crippen molar-refractivity contribution in [3.8, 4) is 11.4 Å². The first-order chi connectivity index (χ1) is 20.8. The molecule has 1 unspecified atom stereocenters. The second kappa shape index (κ2) is 12.1. The summed E-state index contributed by atoms with van der Waals surface area (Å²) in [5, 5.41) is 7.96. The average Bonchev–Trinajstić information content (AvgIpc) is 3.35. The molecule has 0 bridgehead atoms. The third-order valence-electron chi connectivity index (χ3n) is 8.29. The van der Waals surface area contributed by atoms with Crippen LogP contribution in [0.5, 0.6) is 5.75 Å². The molecule has 12 nitrogen and oxygen atoms in total. The van der Waals surface area contributed by atoms with E-state index in [0.717, 1.165) is 18.4 Å². The van der Waals surface area contributed by atoms with Gasteiger partial charge in [-0.25, -0.2) is 13.2 Å². The van der Waals surface area contributed by atoms with E-state index in [1.807, 2.05) is 11.8 Å². The number of hydrogen-bond acceptors (Lipinski definition) is 8. The molecule has 0 amide bonds. The van der Waals surface area contributed by atoms with Crippen molar-refractivity contribution in [2.45, 2.75) is 63.0 Å². The Morgan fingerprint density at radius 3 is 2.60 bits per heavy atom. The number of aromatic nitrogens is 5. The molecule has 0 radical (unpaired) electrons. The van der Waals surface area contributed by atoms with Crippen LogP contribution in [0.25, 0.3) is 5.69 Å². The van der Waals surface area contributed by atoms with Gasteiger partial charge in [-0.05, 0) is 103 Å². The van der Waals surface area contributed by atoms with Gasteiger partial charge in [-0.1, -0.05) is 19.3 Å². The third-order valence-corrected chi connectivity index (χ3v) is 9.69. The molecular formula is C30H35N7O5S. The van der Waals surface area contributed by atoms with Crippen LogP contribution in [0.15, 0.2) is 75.3 Å². The second-order valence-electron chi connectivity index (χ2n) is 11.1. The van der Waals surface area contributed by atoms with E-state index in [2.05, 4.69) is 20.1 Å². The predicted molar refractivity (Wildman–Crippen MR) is 163 cm³/mol. The average molecular weight is 606 g/mol. The SMILES string of the molecule is CCN(CC1CCc2cc(NS(=O)(=O)c3ccc(-n4nnn(CCC5CCC5)c4=O)cc3)ccc2O1)c1ccc[nH]c1=O. The number of hydrogen-bond donors (Lipinski definition) is 2. The summed E-state index contributed by atoms with van der Waals surface area (Å²) in [5.74, 6) is 1.35. The zero-order chi connectivity index (χ0) is 30.0. The molecule has 0 spiro atoms. The molecular weight excluding hydrogens is 570 g/mol. The van der Waals surface area contributed by atoms with E-state index in [9.17, 15) is 18.0 Å². The number of ether oxygens (including phenoxy) is 1. The van der Waals surface area contributed by atoms with Crippen LogP contribution in [0.2, 0.25) is 0 Å². The molecule has 2 aromatic carbocycles. The van der Waals surface area contributed by atoms with Gasteiger partial charge in [0.05, 0.1) is 17.1 Å². The number of aryl methyl sites for hydroxylation is 2. The molecule has 1 fully saturated rings. The number of sulfonamides is 1. The van der Waals surface area contributed by atoms with Gasteiger partial charge >= 0.3 is 5.69 Å². The summed E-state index contributed by atoms with van der Waals surface area (Å²) < 4.78 is 37.7. The maximum atomic E-state index is 13.2. The van der Waals surface area contributed by atoms with Gasteiger partial charge in [0.1, 0.15) is 17.5 Å². The molecule has 0 saturated heterocycles. The predicted octanol–water partition coefficient (Wildman–Crippen LogP) is 3.33. The van der Waals surface area contributed by atoms with Gasteiger partial charge in [-0.3, -0.25) is 9.52 Å². The van der Waals surface area contributed by atoms with Gasteiger partial charge in [0.25, 0.3) is 15.6 Å². The number of nitrogens with one attached hydrogen (secondary N) is 2. The van der Waals surface area contributed by atoms with Gasteiger partial charge in [0.15, 0.2) is 0 Å². The number of nitrogens with zero attached hydrogens (tertiary/aromatic N) is 5. The van der Waals surface area contributed by atoms with Crippen molar-refractivity contribution in [1.82, 2.24) is 24.8 Å². The summed E-state index contributed by atoms with van der Waals surface area (Å²) >= 11 is 0. The lowest BCUT2D eigenvalue weighted by Gasteiger charge is -2.31. The van der Waals surface area contributed by atoms with Gasteiger partial charge in [0, 0.05) is 25.0 Å². The fraction of sp³-hybridized carbons (Fsp3) is 0.400. The summed E-state index contributed by atoms with van der Waals surface area (Å²) in [6.45, 7) is 3.75. The number of anilines is 2. The van der Waals surface area contributed by atoms with Crippen LogP contribution in [-0.2, 0) is 23.0 Å². The Kier molecular flexibility index (Phi) is 8.06. The lowest BCUT2D eigenvalue weighted by atomic mass is 9.83. The van der Waals surface area contributed by atoms with E-state index in [1.54, 1.807) is 48.7 Å². The first-order valence-corrected chi connectivity index (χ1v) is 16.2. The van der Waals surface area contributed by atoms with E-state index >= 15 is 0 Å². The normalized spacial score (nSPS) is 16.6. The minimum absolute atomic E-state index is 0.0614. The van der Waals surface area contributed by atoms with E-state index in [1.165, 1.54) is 40.8 Å². The number of pyridine rings is 1. The molecule has 2 aromatic heterocycles. The molecule has 43 heavy (non-hydrogen) atoms. The molecule has 1 aliphatic heterocycles. The lowest BCUT2D eigenvalue weighted by molar-refractivity contribution is 0.178. The number of benzene rings is 2. The maximum Gasteiger partial charge on any atom is 0.368 e. The third kappa shape index (κ3) is 6.21. The van der Waals surface area contributed by atoms with Gasteiger partial charge in [-0.2, -0.15) is 9.36 Å². The summed E-state index contributed by atoms with van der Waals surface area (Å²) in [6.07, 6.45) is 7.50. The Balaban J connectivity index is 1.09. The number of aromatic amines is 1. The first kappa shape index (κ1) is 28.7. The highest BCUT2D eigenvalue weighted by molar-refractivity contribution is 7.92. The maximum absolute atomic E-state index is 13.2. The molecule has 1 saturated carbocycles. The van der Waals surface area contributed by atoms with Crippen LogP contribution >= 0.6 is 0 Å². The fourth-order valence-electron chi connectivity index (χ4n) is 5.59. The number of H-pyrrole nitrogens is 1. The molecule has 226 valence electrons. The zero-order valence-corrected chi connectivity index (χ0v) is 24.8. The highest BCUT2D eigenvalue weighted by atomic mass is 32.2.